The first-order valence-corrected chi connectivity index (χ1v) is 4.63. The van der Waals surface area contributed by atoms with Crippen molar-refractivity contribution < 1.29 is 4.74 Å². The molecule has 1 heterocycles. The smallest absolute Gasteiger partial charge is 0.0590 e. The second kappa shape index (κ2) is 5.18. The lowest BCUT2D eigenvalue weighted by Gasteiger charge is -2.14. The van der Waals surface area contributed by atoms with Crippen molar-refractivity contribution >= 4 is 0 Å². The molecule has 1 aliphatic rings. The van der Waals surface area contributed by atoms with Crippen LogP contribution < -0.4 is 5.73 Å². The van der Waals surface area contributed by atoms with Gasteiger partial charge in [0.25, 0.3) is 0 Å². The molecule has 2 N–H and O–H groups in total. The molecule has 0 aromatic carbocycles. The third-order valence-corrected chi connectivity index (χ3v) is 2.25. The predicted octanol–water partition coefficient (Wildman–Crippen LogP) is 1.30. The first-order valence-electron chi connectivity index (χ1n) is 4.63. The summed E-state index contributed by atoms with van der Waals surface area (Å²) in [6, 6.07) is 0.226. The van der Waals surface area contributed by atoms with Crippen LogP contribution in [0.5, 0.6) is 0 Å². The molecule has 1 aliphatic heterocycles. The van der Waals surface area contributed by atoms with Crippen molar-refractivity contribution in [2.24, 2.45) is 5.73 Å². The van der Waals surface area contributed by atoms with Gasteiger partial charge < -0.3 is 10.5 Å². The minimum Gasteiger partial charge on any atom is -0.378 e. The van der Waals surface area contributed by atoms with Gasteiger partial charge in [-0.3, -0.25) is 0 Å². The molecule has 2 atom stereocenters. The highest BCUT2D eigenvalue weighted by molar-refractivity contribution is 4.85. The lowest BCUT2D eigenvalue weighted by Crippen LogP contribution is -2.25. The summed E-state index contributed by atoms with van der Waals surface area (Å²) in [5, 5.41) is 0. The monoisotopic (exact) mass is 167 g/mol. The SMILES string of the molecule is C#CCCC(N)CC1CCCO1. The van der Waals surface area contributed by atoms with E-state index in [0.717, 1.165) is 25.9 Å². The Bertz CT molecular complexity index is 156. The summed E-state index contributed by atoms with van der Waals surface area (Å²) in [5.41, 5.74) is 5.86. The van der Waals surface area contributed by atoms with E-state index in [0.29, 0.717) is 6.10 Å². The normalized spacial score (nSPS) is 25.2. The van der Waals surface area contributed by atoms with E-state index in [1.165, 1.54) is 12.8 Å². The van der Waals surface area contributed by atoms with E-state index in [-0.39, 0.29) is 6.04 Å². The van der Waals surface area contributed by atoms with Crippen LogP contribution in [-0.2, 0) is 4.74 Å². The first kappa shape index (κ1) is 9.57. The van der Waals surface area contributed by atoms with Crippen LogP contribution in [0.2, 0.25) is 0 Å². The molecule has 0 aromatic rings. The van der Waals surface area contributed by atoms with Crippen LogP contribution in [0, 0.1) is 12.3 Å². The summed E-state index contributed by atoms with van der Waals surface area (Å²) in [7, 11) is 0. The average molecular weight is 167 g/mol. The molecule has 0 spiro atoms. The lowest BCUT2D eigenvalue weighted by molar-refractivity contribution is 0.0977. The highest BCUT2D eigenvalue weighted by Gasteiger charge is 2.17. The zero-order chi connectivity index (χ0) is 8.81. The standard InChI is InChI=1S/C10H17NO/c1-2-3-5-9(11)8-10-6-4-7-12-10/h1,9-10H,3-8,11H2. The Morgan fingerprint density at radius 1 is 1.67 bits per heavy atom. The van der Waals surface area contributed by atoms with Crippen molar-refractivity contribution in [1.82, 2.24) is 0 Å². The first-order chi connectivity index (χ1) is 5.83. The van der Waals surface area contributed by atoms with Crippen LogP contribution in [0.25, 0.3) is 0 Å². The number of hydrogen-bond donors (Lipinski definition) is 1. The summed E-state index contributed by atoms with van der Waals surface area (Å²) in [5.74, 6) is 2.60. The minimum absolute atomic E-state index is 0.226. The highest BCUT2D eigenvalue weighted by Crippen LogP contribution is 2.17. The average Bonchev–Trinajstić information content (AvgIpc) is 2.53. The van der Waals surface area contributed by atoms with Gasteiger partial charge in [-0.1, -0.05) is 0 Å². The fourth-order valence-electron chi connectivity index (χ4n) is 1.55. The van der Waals surface area contributed by atoms with Crippen molar-refractivity contribution in [3.8, 4) is 12.3 Å². The minimum atomic E-state index is 0.226. The molecule has 2 unspecified atom stereocenters. The summed E-state index contributed by atoms with van der Waals surface area (Å²) in [6.07, 6.45) is 10.6. The van der Waals surface area contributed by atoms with Gasteiger partial charge in [0, 0.05) is 19.1 Å². The molecule has 1 saturated heterocycles. The zero-order valence-corrected chi connectivity index (χ0v) is 7.46. The van der Waals surface area contributed by atoms with E-state index in [1.54, 1.807) is 0 Å². The Hall–Kier alpha value is -0.520. The maximum atomic E-state index is 5.86. The molecule has 0 saturated carbocycles. The van der Waals surface area contributed by atoms with E-state index < -0.39 is 0 Å². The molecule has 2 nitrogen and oxygen atoms in total. The second-order valence-corrected chi connectivity index (χ2v) is 3.37. The predicted molar refractivity (Wildman–Crippen MR) is 49.6 cm³/mol. The highest BCUT2D eigenvalue weighted by atomic mass is 16.5. The molecule has 2 heteroatoms. The molecule has 0 radical (unpaired) electrons. The summed E-state index contributed by atoms with van der Waals surface area (Å²) in [6.45, 7) is 0.909. The van der Waals surface area contributed by atoms with Gasteiger partial charge in [0.05, 0.1) is 6.10 Å². The van der Waals surface area contributed by atoms with E-state index in [2.05, 4.69) is 5.92 Å². The van der Waals surface area contributed by atoms with Gasteiger partial charge in [-0.05, 0) is 25.7 Å². The Kier molecular flexibility index (Phi) is 4.13. The van der Waals surface area contributed by atoms with Crippen LogP contribution in [0.3, 0.4) is 0 Å². The molecule has 1 fully saturated rings. The summed E-state index contributed by atoms with van der Waals surface area (Å²) >= 11 is 0. The van der Waals surface area contributed by atoms with Gasteiger partial charge >= 0.3 is 0 Å². The third-order valence-electron chi connectivity index (χ3n) is 2.25. The van der Waals surface area contributed by atoms with Crippen molar-refractivity contribution in [1.29, 1.82) is 0 Å². The van der Waals surface area contributed by atoms with Gasteiger partial charge in [0.2, 0.25) is 0 Å². The van der Waals surface area contributed by atoms with E-state index in [4.69, 9.17) is 16.9 Å². The number of hydrogen-bond acceptors (Lipinski definition) is 2. The zero-order valence-electron chi connectivity index (χ0n) is 7.46. The van der Waals surface area contributed by atoms with Gasteiger partial charge in [0.15, 0.2) is 0 Å². The van der Waals surface area contributed by atoms with Gasteiger partial charge in [-0.2, -0.15) is 0 Å². The van der Waals surface area contributed by atoms with Gasteiger partial charge in [-0.25, -0.2) is 0 Å². The molecule has 0 aromatic heterocycles. The quantitative estimate of drug-likeness (QED) is 0.640. The van der Waals surface area contributed by atoms with Gasteiger partial charge in [0.1, 0.15) is 0 Å². The maximum absolute atomic E-state index is 5.86. The maximum Gasteiger partial charge on any atom is 0.0590 e. The Morgan fingerprint density at radius 2 is 2.50 bits per heavy atom. The molecule has 12 heavy (non-hydrogen) atoms. The number of nitrogens with two attached hydrogens (primary N) is 1. The molecule has 1 rings (SSSR count). The number of terminal acetylenes is 1. The van der Waals surface area contributed by atoms with Crippen LogP contribution in [0.4, 0.5) is 0 Å². The Morgan fingerprint density at radius 3 is 3.08 bits per heavy atom. The Balaban J connectivity index is 2.08. The molecule has 0 aliphatic carbocycles. The molecular weight excluding hydrogens is 150 g/mol. The van der Waals surface area contributed by atoms with Crippen LogP contribution >= 0.6 is 0 Å². The topological polar surface area (TPSA) is 35.2 Å². The van der Waals surface area contributed by atoms with Crippen molar-refractivity contribution in [2.45, 2.75) is 44.2 Å². The number of ether oxygens (including phenoxy) is 1. The fourth-order valence-corrected chi connectivity index (χ4v) is 1.55. The third kappa shape index (κ3) is 3.25. The van der Waals surface area contributed by atoms with Crippen molar-refractivity contribution in [3.63, 3.8) is 0 Å². The van der Waals surface area contributed by atoms with Crippen LogP contribution in [0.15, 0.2) is 0 Å². The largest absolute Gasteiger partial charge is 0.378 e. The van der Waals surface area contributed by atoms with Crippen molar-refractivity contribution in [3.05, 3.63) is 0 Å². The second-order valence-electron chi connectivity index (χ2n) is 3.37. The van der Waals surface area contributed by atoms with Gasteiger partial charge in [-0.15, -0.1) is 12.3 Å². The van der Waals surface area contributed by atoms with Crippen LogP contribution in [0.1, 0.15) is 32.1 Å². The molecule has 0 bridgehead atoms. The summed E-state index contributed by atoms with van der Waals surface area (Å²) in [4.78, 5) is 0. The Labute approximate surface area is 74.5 Å². The van der Waals surface area contributed by atoms with E-state index in [1.807, 2.05) is 0 Å². The van der Waals surface area contributed by atoms with E-state index in [9.17, 15) is 0 Å². The van der Waals surface area contributed by atoms with E-state index >= 15 is 0 Å². The van der Waals surface area contributed by atoms with Crippen LogP contribution in [-0.4, -0.2) is 18.8 Å². The summed E-state index contributed by atoms with van der Waals surface area (Å²) < 4.78 is 5.47. The molecule has 0 amide bonds. The number of rotatable bonds is 4. The molecule has 68 valence electrons. The molecular formula is C10H17NO. The van der Waals surface area contributed by atoms with Crippen molar-refractivity contribution in [2.75, 3.05) is 6.61 Å². The lowest BCUT2D eigenvalue weighted by atomic mass is 10.0. The fraction of sp³-hybridized carbons (Fsp3) is 0.800.